The molecule has 0 aliphatic heterocycles. The Balaban J connectivity index is 1.76. The van der Waals surface area contributed by atoms with Crippen LogP contribution >= 0.6 is 11.3 Å². The molecule has 7 heteroatoms. The molecule has 1 heterocycles. The van der Waals surface area contributed by atoms with Gasteiger partial charge in [-0.3, -0.25) is 14.9 Å². The summed E-state index contributed by atoms with van der Waals surface area (Å²) >= 11 is 1.23. The molecule has 0 aliphatic carbocycles. The smallest absolute Gasteiger partial charge is 0.251 e. The van der Waals surface area contributed by atoms with E-state index < -0.39 is 5.91 Å². The maximum atomic E-state index is 13.8. The lowest BCUT2D eigenvalue weighted by atomic mass is 9.97. The zero-order valence-electron chi connectivity index (χ0n) is 15.9. The van der Waals surface area contributed by atoms with Crippen molar-refractivity contribution in [3.8, 4) is 0 Å². The summed E-state index contributed by atoms with van der Waals surface area (Å²) in [5, 5.41) is 7.99. The monoisotopic (exact) mass is 411 g/mol. The normalized spacial score (nSPS) is 11.8. The first-order valence-corrected chi connectivity index (χ1v) is 10.1. The molecule has 5 nitrogen and oxygen atoms in total. The fourth-order valence-electron chi connectivity index (χ4n) is 3.03. The highest BCUT2D eigenvalue weighted by Gasteiger charge is 2.17. The first-order valence-electron chi connectivity index (χ1n) is 9.22. The van der Waals surface area contributed by atoms with Crippen LogP contribution < -0.4 is 16.4 Å². The fourth-order valence-corrected chi connectivity index (χ4v) is 3.83. The van der Waals surface area contributed by atoms with Gasteiger partial charge >= 0.3 is 0 Å². The summed E-state index contributed by atoms with van der Waals surface area (Å²) < 4.78 is 13.8. The van der Waals surface area contributed by atoms with Crippen LogP contribution in [-0.2, 0) is 11.2 Å². The first kappa shape index (κ1) is 20.7. The maximum absolute atomic E-state index is 13.8. The molecule has 4 N–H and O–H groups in total. The molecule has 2 amide bonds. The largest absolute Gasteiger partial charge is 0.366 e. The van der Waals surface area contributed by atoms with Gasteiger partial charge in [0.05, 0.1) is 18.2 Å². The van der Waals surface area contributed by atoms with Crippen LogP contribution in [0.25, 0.3) is 0 Å². The molecule has 0 unspecified atom stereocenters. The standard InChI is InChI=1S/C22H22FN3O2S/c1-2-14-6-8-15(9-7-14)20(16-4-3-5-17(23)12-16)25-13-19(27)26-22-18(21(24)28)10-11-29-22/h3-12,20,25H,2,13H2,1H3,(H2,24,28)(H,26,27)/t20-/m1/s1. The van der Waals surface area contributed by atoms with E-state index in [0.29, 0.717) is 5.00 Å². The van der Waals surface area contributed by atoms with E-state index in [1.807, 2.05) is 30.3 Å². The third-order valence-corrected chi connectivity index (χ3v) is 5.38. The van der Waals surface area contributed by atoms with Crippen LogP contribution in [0, 0.1) is 5.82 Å². The van der Waals surface area contributed by atoms with Crippen molar-refractivity contribution in [2.45, 2.75) is 19.4 Å². The molecular formula is C22H22FN3O2S. The molecule has 3 aromatic rings. The lowest BCUT2D eigenvalue weighted by molar-refractivity contribution is -0.115. The number of aryl methyl sites for hydroxylation is 1. The van der Waals surface area contributed by atoms with Crippen molar-refractivity contribution in [3.63, 3.8) is 0 Å². The third kappa shape index (κ3) is 5.28. The van der Waals surface area contributed by atoms with Crippen molar-refractivity contribution >= 4 is 28.2 Å². The number of carbonyl (C=O) groups excluding carboxylic acids is 2. The van der Waals surface area contributed by atoms with E-state index in [1.165, 1.54) is 29.0 Å². The van der Waals surface area contributed by atoms with Gasteiger partial charge in [-0.25, -0.2) is 4.39 Å². The minimum absolute atomic E-state index is 0.0210. The van der Waals surface area contributed by atoms with Gasteiger partial charge in [-0.1, -0.05) is 43.3 Å². The second-order valence-corrected chi connectivity index (χ2v) is 7.46. The number of nitrogens with one attached hydrogen (secondary N) is 2. The number of carbonyl (C=O) groups is 2. The number of anilines is 1. The molecule has 0 radical (unpaired) electrons. The lowest BCUT2D eigenvalue weighted by Crippen LogP contribution is -2.32. The van der Waals surface area contributed by atoms with E-state index in [2.05, 4.69) is 17.6 Å². The summed E-state index contributed by atoms with van der Waals surface area (Å²) in [5.41, 5.74) is 8.43. The predicted octanol–water partition coefficient (Wildman–Crippen LogP) is 3.87. The van der Waals surface area contributed by atoms with Gasteiger partial charge in [0.25, 0.3) is 5.91 Å². The molecule has 0 spiro atoms. The van der Waals surface area contributed by atoms with E-state index in [-0.39, 0.29) is 29.9 Å². The van der Waals surface area contributed by atoms with Crippen molar-refractivity contribution in [2.75, 3.05) is 11.9 Å². The molecule has 3 rings (SSSR count). The van der Waals surface area contributed by atoms with Crippen molar-refractivity contribution in [2.24, 2.45) is 5.73 Å². The van der Waals surface area contributed by atoms with Gasteiger partial charge in [-0.15, -0.1) is 11.3 Å². The van der Waals surface area contributed by atoms with Gasteiger partial charge in [0, 0.05) is 0 Å². The highest BCUT2D eigenvalue weighted by atomic mass is 32.1. The minimum Gasteiger partial charge on any atom is -0.366 e. The molecule has 0 saturated heterocycles. The number of benzene rings is 2. The van der Waals surface area contributed by atoms with Crippen LogP contribution in [0.5, 0.6) is 0 Å². The molecule has 150 valence electrons. The van der Waals surface area contributed by atoms with Crippen LogP contribution in [0.3, 0.4) is 0 Å². The number of halogens is 1. The molecule has 29 heavy (non-hydrogen) atoms. The summed E-state index contributed by atoms with van der Waals surface area (Å²) in [6, 6.07) is 15.5. The van der Waals surface area contributed by atoms with Crippen LogP contribution in [0.1, 0.15) is 40.0 Å². The Bertz CT molecular complexity index is 1000. The molecule has 1 atom stereocenters. The number of hydrogen-bond acceptors (Lipinski definition) is 4. The second kappa shape index (κ2) is 9.45. The van der Waals surface area contributed by atoms with Crippen LogP contribution in [0.4, 0.5) is 9.39 Å². The summed E-state index contributed by atoms with van der Waals surface area (Å²) in [5.74, 6) is -1.25. The molecule has 0 aliphatic rings. The highest BCUT2D eigenvalue weighted by molar-refractivity contribution is 7.14. The Labute approximate surface area is 172 Å². The number of amides is 2. The van der Waals surface area contributed by atoms with Crippen LogP contribution in [0.15, 0.2) is 60.0 Å². The first-order chi connectivity index (χ1) is 14.0. The van der Waals surface area contributed by atoms with Crippen molar-refractivity contribution < 1.29 is 14.0 Å². The van der Waals surface area contributed by atoms with E-state index >= 15 is 0 Å². The number of primary amides is 1. The van der Waals surface area contributed by atoms with E-state index in [9.17, 15) is 14.0 Å². The van der Waals surface area contributed by atoms with Gasteiger partial charge < -0.3 is 11.1 Å². The maximum Gasteiger partial charge on any atom is 0.251 e. The molecule has 0 saturated carbocycles. The zero-order valence-corrected chi connectivity index (χ0v) is 16.8. The number of hydrogen-bond donors (Lipinski definition) is 3. The Hall–Kier alpha value is -3.03. The third-order valence-electron chi connectivity index (χ3n) is 4.55. The van der Waals surface area contributed by atoms with Gasteiger partial charge in [0.2, 0.25) is 5.91 Å². The van der Waals surface area contributed by atoms with Crippen molar-refractivity contribution in [1.82, 2.24) is 5.32 Å². The van der Waals surface area contributed by atoms with Crippen molar-refractivity contribution in [3.05, 3.63) is 88.0 Å². The van der Waals surface area contributed by atoms with E-state index in [1.54, 1.807) is 17.5 Å². The molecule has 2 aromatic carbocycles. The molecule has 0 fully saturated rings. The molecular weight excluding hydrogens is 389 g/mol. The zero-order chi connectivity index (χ0) is 20.8. The summed E-state index contributed by atoms with van der Waals surface area (Å²) in [6.45, 7) is 2.05. The fraction of sp³-hybridized carbons (Fsp3) is 0.182. The Morgan fingerprint density at radius 3 is 2.52 bits per heavy atom. The van der Waals surface area contributed by atoms with Gasteiger partial charge in [-0.2, -0.15) is 0 Å². The van der Waals surface area contributed by atoms with Gasteiger partial charge in [0.1, 0.15) is 10.8 Å². The van der Waals surface area contributed by atoms with Crippen molar-refractivity contribution in [1.29, 1.82) is 0 Å². The van der Waals surface area contributed by atoms with E-state index in [0.717, 1.165) is 17.5 Å². The second-order valence-electron chi connectivity index (χ2n) is 6.54. The van der Waals surface area contributed by atoms with E-state index in [4.69, 9.17) is 5.73 Å². The topological polar surface area (TPSA) is 84.2 Å². The summed E-state index contributed by atoms with van der Waals surface area (Å²) in [7, 11) is 0. The highest BCUT2D eigenvalue weighted by Crippen LogP contribution is 2.24. The van der Waals surface area contributed by atoms with Gasteiger partial charge in [-0.05, 0) is 46.7 Å². The van der Waals surface area contributed by atoms with Crippen LogP contribution in [0.2, 0.25) is 0 Å². The number of nitrogens with two attached hydrogens (primary N) is 1. The van der Waals surface area contributed by atoms with Crippen LogP contribution in [-0.4, -0.2) is 18.4 Å². The number of thiophene rings is 1. The Kier molecular flexibility index (Phi) is 6.74. The van der Waals surface area contributed by atoms with Gasteiger partial charge in [0.15, 0.2) is 0 Å². The molecule has 1 aromatic heterocycles. The summed E-state index contributed by atoms with van der Waals surface area (Å²) in [6.07, 6.45) is 0.920. The Morgan fingerprint density at radius 1 is 1.10 bits per heavy atom. The quantitative estimate of drug-likeness (QED) is 0.526. The lowest BCUT2D eigenvalue weighted by Gasteiger charge is -2.20. The predicted molar refractivity (Wildman–Crippen MR) is 114 cm³/mol. The molecule has 0 bridgehead atoms. The SMILES string of the molecule is CCc1ccc([C@@H](NCC(=O)Nc2sccc2C(N)=O)c2cccc(F)c2)cc1. The minimum atomic E-state index is -0.594. The average Bonchev–Trinajstić information content (AvgIpc) is 3.17. The number of rotatable bonds is 8. The average molecular weight is 412 g/mol. The Morgan fingerprint density at radius 2 is 1.86 bits per heavy atom. The summed E-state index contributed by atoms with van der Waals surface area (Å²) in [4.78, 5) is 23.8.